The largest absolute Gasteiger partial charge is 0.390 e. The highest BCUT2D eigenvalue weighted by Gasteiger charge is 2.32. The molecular formula is C21H30N4O. The Bertz CT molecular complexity index is 710. The highest BCUT2D eigenvalue weighted by Crippen LogP contribution is 2.23. The third-order valence-corrected chi connectivity index (χ3v) is 5.83. The molecule has 2 saturated heterocycles. The normalized spacial score (nSPS) is 20.6. The minimum atomic E-state index is -0.0894. The molecule has 0 saturated carbocycles. The molecule has 0 amide bonds. The number of likely N-dealkylation sites (tertiary alicyclic amines) is 2. The number of β-amino-alcohol motifs (C(OH)–C–C–N with tert-alkyl or cyclic N) is 1. The Morgan fingerprint density at radius 2 is 1.81 bits per heavy atom. The first kappa shape index (κ1) is 17.7. The van der Waals surface area contributed by atoms with E-state index in [1.165, 1.54) is 24.0 Å². The van der Waals surface area contributed by atoms with Gasteiger partial charge in [-0.15, -0.1) is 0 Å². The predicted octanol–water partition coefficient (Wildman–Crippen LogP) is 2.64. The Kier molecular flexibility index (Phi) is 5.11. The van der Waals surface area contributed by atoms with Gasteiger partial charge in [-0.3, -0.25) is 9.80 Å². The number of hydrogen-bond donors (Lipinski definition) is 1. The molecule has 0 unspecified atom stereocenters. The summed E-state index contributed by atoms with van der Waals surface area (Å²) in [5.74, 6) is 0.555. The van der Waals surface area contributed by atoms with Crippen LogP contribution in [0.25, 0.3) is 5.69 Å². The monoisotopic (exact) mass is 354 g/mol. The van der Waals surface area contributed by atoms with Crippen LogP contribution >= 0.6 is 0 Å². The van der Waals surface area contributed by atoms with Crippen LogP contribution in [0.1, 0.15) is 43.7 Å². The summed E-state index contributed by atoms with van der Waals surface area (Å²) in [6.45, 7) is 9.40. The summed E-state index contributed by atoms with van der Waals surface area (Å²) in [5, 5.41) is 14.0. The molecule has 1 aromatic heterocycles. The van der Waals surface area contributed by atoms with Crippen LogP contribution < -0.4 is 0 Å². The van der Waals surface area contributed by atoms with Crippen molar-refractivity contribution in [3.8, 4) is 5.69 Å². The highest BCUT2D eigenvalue weighted by molar-refractivity contribution is 5.35. The Hall–Kier alpha value is -1.69. The molecular weight excluding hydrogens is 324 g/mol. The van der Waals surface area contributed by atoms with Crippen molar-refractivity contribution in [2.45, 2.75) is 51.3 Å². The van der Waals surface area contributed by atoms with Crippen molar-refractivity contribution < 1.29 is 5.11 Å². The van der Waals surface area contributed by atoms with Crippen LogP contribution in [0.3, 0.4) is 0 Å². The Morgan fingerprint density at radius 1 is 1.12 bits per heavy atom. The second-order valence-corrected chi connectivity index (χ2v) is 8.15. The van der Waals surface area contributed by atoms with Gasteiger partial charge in [0.15, 0.2) is 0 Å². The van der Waals surface area contributed by atoms with E-state index in [1.54, 1.807) is 0 Å². The summed E-state index contributed by atoms with van der Waals surface area (Å²) in [7, 11) is 0. The molecule has 2 aliphatic heterocycles. The van der Waals surface area contributed by atoms with Crippen LogP contribution in [0.15, 0.2) is 36.7 Å². The fourth-order valence-electron chi connectivity index (χ4n) is 4.08. The SMILES string of the molecule is CC(C)c1ccc(-n2cc(CN3CCC(N4CC(O)C4)CC3)cn2)cc1. The van der Waals surface area contributed by atoms with Gasteiger partial charge in [-0.25, -0.2) is 4.68 Å². The molecule has 5 heteroatoms. The van der Waals surface area contributed by atoms with Crippen LogP contribution in [-0.2, 0) is 6.54 Å². The van der Waals surface area contributed by atoms with E-state index in [-0.39, 0.29) is 6.10 Å². The highest BCUT2D eigenvalue weighted by atomic mass is 16.3. The first-order chi connectivity index (χ1) is 12.6. The quantitative estimate of drug-likeness (QED) is 0.897. The van der Waals surface area contributed by atoms with Crippen LogP contribution in [0, 0.1) is 0 Å². The van der Waals surface area contributed by atoms with Gasteiger partial charge in [0, 0.05) is 37.4 Å². The maximum absolute atomic E-state index is 9.47. The van der Waals surface area contributed by atoms with Crippen LogP contribution in [0.5, 0.6) is 0 Å². The van der Waals surface area contributed by atoms with E-state index < -0.39 is 0 Å². The molecule has 4 rings (SSSR count). The summed E-state index contributed by atoms with van der Waals surface area (Å²) >= 11 is 0. The summed E-state index contributed by atoms with van der Waals surface area (Å²) in [5.41, 5.74) is 3.75. The smallest absolute Gasteiger partial charge is 0.0794 e. The van der Waals surface area contributed by atoms with Crippen molar-refractivity contribution in [3.05, 3.63) is 47.8 Å². The van der Waals surface area contributed by atoms with E-state index in [2.05, 4.69) is 59.2 Å². The molecule has 1 aromatic carbocycles. The standard InChI is InChI=1S/C21H30N4O/c1-16(2)18-3-5-20(6-4-18)25-13-17(11-22-25)12-23-9-7-19(8-10-23)24-14-21(26)15-24/h3-6,11,13,16,19,21,26H,7-10,12,14-15H2,1-2H3. The van der Waals surface area contributed by atoms with Crippen molar-refractivity contribution in [1.82, 2.24) is 19.6 Å². The van der Waals surface area contributed by atoms with Gasteiger partial charge < -0.3 is 5.11 Å². The first-order valence-electron chi connectivity index (χ1n) is 9.87. The molecule has 0 bridgehead atoms. The summed E-state index contributed by atoms with van der Waals surface area (Å²) in [6, 6.07) is 9.35. The molecule has 2 aliphatic rings. The Morgan fingerprint density at radius 3 is 2.42 bits per heavy atom. The molecule has 0 radical (unpaired) electrons. The van der Waals surface area contributed by atoms with Crippen molar-refractivity contribution in [3.63, 3.8) is 0 Å². The molecule has 0 spiro atoms. The molecule has 140 valence electrons. The van der Waals surface area contributed by atoms with E-state index >= 15 is 0 Å². The van der Waals surface area contributed by atoms with Crippen molar-refractivity contribution in [2.75, 3.05) is 26.2 Å². The lowest BCUT2D eigenvalue weighted by Gasteiger charge is -2.45. The third-order valence-electron chi connectivity index (χ3n) is 5.83. The summed E-state index contributed by atoms with van der Waals surface area (Å²) in [6.07, 6.45) is 6.47. The third kappa shape index (κ3) is 3.85. The second-order valence-electron chi connectivity index (χ2n) is 8.15. The van der Waals surface area contributed by atoms with Gasteiger partial charge in [0.2, 0.25) is 0 Å². The minimum Gasteiger partial charge on any atom is -0.390 e. The fourth-order valence-corrected chi connectivity index (χ4v) is 4.08. The molecule has 1 N–H and O–H groups in total. The number of piperidine rings is 1. The summed E-state index contributed by atoms with van der Waals surface area (Å²) in [4.78, 5) is 4.96. The zero-order valence-corrected chi connectivity index (χ0v) is 15.9. The van der Waals surface area contributed by atoms with Gasteiger partial charge in [-0.2, -0.15) is 5.10 Å². The molecule has 2 fully saturated rings. The maximum atomic E-state index is 9.47. The van der Waals surface area contributed by atoms with E-state index in [4.69, 9.17) is 0 Å². The van der Waals surface area contributed by atoms with Gasteiger partial charge in [0.05, 0.1) is 18.0 Å². The van der Waals surface area contributed by atoms with Gasteiger partial charge in [-0.05, 0) is 49.5 Å². The molecule has 0 aliphatic carbocycles. The van der Waals surface area contributed by atoms with Crippen LogP contribution in [0.2, 0.25) is 0 Å². The average molecular weight is 354 g/mol. The number of benzene rings is 1. The van der Waals surface area contributed by atoms with Crippen LogP contribution in [0.4, 0.5) is 0 Å². The zero-order chi connectivity index (χ0) is 18.1. The molecule has 3 heterocycles. The number of aromatic nitrogens is 2. The van der Waals surface area contributed by atoms with Crippen molar-refractivity contribution in [2.24, 2.45) is 0 Å². The van der Waals surface area contributed by atoms with Crippen molar-refractivity contribution in [1.29, 1.82) is 0 Å². The molecule has 2 aromatic rings. The topological polar surface area (TPSA) is 44.5 Å². The number of rotatable bonds is 5. The van der Waals surface area contributed by atoms with Gasteiger partial charge >= 0.3 is 0 Å². The lowest BCUT2D eigenvalue weighted by molar-refractivity contribution is -0.0402. The van der Waals surface area contributed by atoms with E-state index in [9.17, 15) is 5.11 Å². The number of nitrogens with zero attached hydrogens (tertiary/aromatic N) is 4. The second kappa shape index (κ2) is 7.51. The minimum absolute atomic E-state index is 0.0894. The zero-order valence-electron chi connectivity index (χ0n) is 15.9. The van der Waals surface area contributed by atoms with E-state index in [0.29, 0.717) is 12.0 Å². The number of aliphatic hydroxyl groups is 1. The Balaban J connectivity index is 1.31. The van der Waals surface area contributed by atoms with Gasteiger partial charge in [-0.1, -0.05) is 26.0 Å². The maximum Gasteiger partial charge on any atom is 0.0794 e. The molecule has 26 heavy (non-hydrogen) atoms. The number of hydrogen-bond acceptors (Lipinski definition) is 4. The summed E-state index contributed by atoms with van der Waals surface area (Å²) < 4.78 is 1.98. The van der Waals surface area contributed by atoms with Crippen molar-refractivity contribution >= 4 is 0 Å². The van der Waals surface area contributed by atoms with Gasteiger partial charge in [0.1, 0.15) is 0 Å². The first-order valence-corrected chi connectivity index (χ1v) is 9.87. The average Bonchev–Trinajstić information content (AvgIpc) is 3.08. The van der Waals surface area contributed by atoms with E-state index in [1.807, 2.05) is 10.9 Å². The number of aliphatic hydroxyl groups excluding tert-OH is 1. The van der Waals surface area contributed by atoms with Gasteiger partial charge in [0.25, 0.3) is 0 Å². The lowest BCUT2D eigenvalue weighted by atomic mass is 9.98. The lowest BCUT2D eigenvalue weighted by Crippen LogP contribution is -2.57. The molecule has 0 atom stereocenters. The van der Waals surface area contributed by atoms with E-state index in [0.717, 1.165) is 38.4 Å². The predicted molar refractivity (Wildman–Crippen MR) is 104 cm³/mol. The van der Waals surface area contributed by atoms with Crippen LogP contribution in [-0.4, -0.2) is 63.0 Å². The fraction of sp³-hybridized carbons (Fsp3) is 0.571. The Labute approximate surface area is 156 Å². The molecule has 5 nitrogen and oxygen atoms in total.